The Labute approximate surface area is 101 Å². The van der Waals surface area contributed by atoms with E-state index in [1.54, 1.807) is 0 Å². The molecular weight excluding hydrogens is 216 g/mol. The molecule has 1 N–H and O–H groups in total. The van der Waals surface area contributed by atoms with Gasteiger partial charge in [0.25, 0.3) is 0 Å². The molecule has 0 fully saturated rings. The SMILES string of the molecule is Cn1cccc1CNCCCc1cccs1. The minimum Gasteiger partial charge on any atom is -0.353 e. The van der Waals surface area contributed by atoms with E-state index in [0.717, 1.165) is 13.1 Å². The molecule has 2 aromatic rings. The van der Waals surface area contributed by atoms with Crippen molar-refractivity contribution in [1.29, 1.82) is 0 Å². The Morgan fingerprint density at radius 3 is 2.94 bits per heavy atom. The van der Waals surface area contributed by atoms with Gasteiger partial charge in [0.2, 0.25) is 0 Å². The molecule has 2 rings (SSSR count). The van der Waals surface area contributed by atoms with Crippen molar-refractivity contribution in [2.75, 3.05) is 6.54 Å². The van der Waals surface area contributed by atoms with E-state index in [4.69, 9.17) is 0 Å². The number of thiophene rings is 1. The predicted octanol–water partition coefficient (Wildman–Crippen LogP) is 2.81. The molecule has 0 saturated heterocycles. The van der Waals surface area contributed by atoms with Crippen LogP contribution in [0, 0.1) is 0 Å². The average molecular weight is 234 g/mol. The van der Waals surface area contributed by atoms with Crippen molar-refractivity contribution < 1.29 is 0 Å². The van der Waals surface area contributed by atoms with Crippen LogP contribution < -0.4 is 5.32 Å². The number of aromatic nitrogens is 1. The fourth-order valence-corrected chi connectivity index (χ4v) is 2.49. The van der Waals surface area contributed by atoms with Crippen molar-refractivity contribution in [3.63, 3.8) is 0 Å². The van der Waals surface area contributed by atoms with Gasteiger partial charge in [-0.2, -0.15) is 0 Å². The van der Waals surface area contributed by atoms with Gasteiger partial charge in [-0.1, -0.05) is 6.07 Å². The molecule has 0 amide bonds. The van der Waals surface area contributed by atoms with Crippen molar-refractivity contribution in [3.8, 4) is 0 Å². The molecule has 2 aromatic heterocycles. The Morgan fingerprint density at radius 2 is 2.25 bits per heavy atom. The Kier molecular flexibility index (Phi) is 4.19. The Balaban J connectivity index is 1.61. The van der Waals surface area contributed by atoms with E-state index in [-0.39, 0.29) is 0 Å². The van der Waals surface area contributed by atoms with Gasteiger partial charge in [0.05, 0.1) is 0 Å². The van der Waals surface area contributed by atoms with E-state index in [1.165, 1.54) is 23.4 Å². The summed E-state index contributed by atoms with van der Waals surface area (Å²) >= 11 is 1.85. The summed E-state index contributed by atoms with van der Waals surface area (Å²) in [4.78, 5) is 1.49. The first-order valence-electron chi connectivity index (χ1n) is 5.69. The van der Waals surface area contributed by atoms with E-state index in [1.807, 2.05) is 11.3 Å². The van der Waals surface area contributed by atoms with Crippen molar-refractivity contribution >= 4 is 11.3 Å². The van der Waals surface area contributed by atoms with Crippen molar-refractivity contribution in [2.45, 2.75) is 19.4 Å². The first-order chi connectivity index (χ1) is 7.86. The Bertz CT molecular complexity index is 403. The molecule has 0 aliphatic carbocycles. The zero-order chi connectivity index (χ0) is 11.2. The summed E-state index contributed by atoms with van der Waals surface area (Å²) in [5.41, 5.74) is 1.34. The monoisotopic (exact) mass is 234 g/mol. The van der Waals surface area contributed by atoms with Crippen LogP contribution >= 0.6 is 11.3 Å². The summed E-state index contributed by atoms with van der Waals surface area (Å²) in [5, 5.41) is 5.62. The molecule has 0 bridgehead atoms. The van der Waals surface area contributed by atoms with Crippen molar-refractivity contribution in [2.24, 2.45) is 7.05 Å². The molecule has 0 aliphatic heterocycles. The maximum atomic E-state index is 3.47. The first-order valence-corrected chi connectivity index (χ1v) is 6.57. The average Bonchev–Trinajstić information content (AvgIpc) is 2.90. The highest BCUT2D eigenvalue weighted by molar-refractivity contribution is 7.09. The summed E-state index contributed by atoms with van der Waals surface area (Å²) < 4.78 is 2.16. The second-order valence-electron chi connectivity index (χ2n) is 3.97. The van der Waals surface area contributed by atoms with Crippen LogP contribution in [0.3, 0.4) is 0 Å². The molecule has 16 heavy (non-hydrogen) atoms. The van der Waals surface area contributed by atoms with Crippen LogP contribution in [0.15, 0.2) is 35.8 Å². The van der Waals surface area contributed by atoms with Crippen LogP contribution in [0.4, 0.5) is 0 Å². The van der Waals surface area contributed by atoms with Gasteiger partial charge >= 0.3 is 0 Å². The van der Waals surface area contributed by atoms with E-state index >= 15 is 0 Å². The van der Waals surface area contributed by atoms with E-state index in [9.17, 15) is 0 Å². The standard InChI is InChI=1S/C13H18N2S/c1-15-9-3-5-12(15)11-14-8-2-6-13-7-4-10-16-13/h3-5,7,9-10,14H,2,6,8,11H2,1H3. The van der Waals surface area contributed by atoms with E-state index in [2.05, 4.69) is 52.8 Å². The summed E-state index contributed by atoms with van der Waals surface area (Å²) in [6.45, 7) is 2.05. The number of hydrogen-bond donors (Lipinski definition) is 1. The highest BCUT2D eigenvalue weighted by Crippen LogP contribution is 2.10. The lowest BCUT2D eigenvalue weighted by Gasteiger charge is -2.05. The maximum absolute atomic E-state index is 3.47. The molecule has 0 saturated carbocycles. The zero-order valence-corrected chi connectivity index (χ0v) is 10.5. The molecule has 3 heteroatoms. The lowest BCUT2D eigenvalue weighted by atomic mass is 10.2. The molecule has 0 atom stereocenters. The van der Waals surface area contributed by atoms with Crippen LogP contribution in [0.25, 0.3) is 0 Å². The fraction of sp³-hybridized carbons (Fsp3) is 0.385. The summed E-state index contributed by atoms with van der Waals surface area (Å²) in [5.74, 6) is 0. The van der Waals surface area contributed by atoms with E-state index in [0.29, 0.717) is 0 Å². The van der Waals surface area contributed by atoms with Crippen LogP contribution in [0.5, 0.6) is 0 Å². The van der Waals surface area contributed by atoms with Crippen LogP contribution in [-0.2, 0) is 20.0 Å². The minimum atomic E-state index is 0.966. The second-order valence-corrected chi connectivity index (χ2v) is 5.00. The second kappa shape index (κ2) is 5.87. The molecule has 0 radical (unpaired) electrons. The molecular formula is C13H18N2S. The zero-order valence-electron chi connectivity index (χ0n) is 9.65. The number of aryl methyl sites for hydroxylation is 2. The van der Waals surface area contributed by atoms with Crippen LogP contribution in [0.2, 0.25) is 0 Å². The fourth-order valence-electron chi connectivity index (χ4n) is 1.74. The smallest absolute Gasteiger partial charge is 0.0359 e. The molecule has 86 valence electrons. The van der Waals surface area contributed by atoms with Gasteiger partial charge in [-0.3, -0.25) is 0 Å². The summed E-state index contributed by atoms with van der Waals surface area (Å²) in [6.07, 6.45) is 4.49. The van der Waals surface area contributed by atoms with Gasteiger partial charge in [-0.15, -0.1) is 11.3 Å². The maximum Gasteiger partial charge on any atom is 0.0359 e. The molecule has 2 nitrogen and oxygen atoms in total. The minimum absolute atomic E-state index is 0.966. The van der Waals surface area contributed by atoms with E-state index < -0.39 is 0 Å². The quantitative estimate of drug-likeness (QED) is 0.761. The number of hydrogen-bond acceptors (Lipinski definition) is 2. The Morgan fingerprint density at radius 1 is 1.31 bits per heavy atom. The van der Waals surface area contributed by atoms with Gasteiger partial charge < -0.3 is 9.88 Å². The lowest BCUT2D eigenvalue weighted by Crippen LogP contribution is -2.16. The lowest BCUT2D eigenvalue weighted by molar-refractivity contribution is 0.627. The van der Waals surface area contributed by atoms with Crippen molar-refractivity contribution in [3.05, 3.63) is 46.4 Å². The largest absolute Gasteiger partial charge is 0.353 e. The first kappa shape index (κ1) is 11.4. The number of nitrogens with zero attached hydrogens (tertiary/aromatic N) is 1. The van der Waals surface area contributed by atoms with Gasteiger partial charge in [0.15, 0.2) is 0 Å². The summed E-state index contributed by atoms with van der Waals surface area (Å²) in [7, 11) is 2.09. The third kappa shape index (κ3) is 3.22. The third-order valence-electron chi connectivity index (χ3n) is 2.71. The van der Waals surface area contributed by atoms with Gasteiger partial charge in [0.1, 0.15) is 0 Å². The molecule has 0 spiro atoms. The van der Waals surface area contributed by atoms with Gasteiger partial charge in [0, 0.05) is 30.4 Å². The van der Waals surface area contributed by atoms with Crippen LogP contribution in [-0.4, -0.2) is 11.1 Å². The number of rotatable bonds is 6. The molecule has 0 aliphatic rings. The predicted molar refractivity (Wildman–Crippen MR) is 69.8 cm³/mol. The van der Waals surface area contributed by atoms with Crippen LogP contribution in [0.1, 0.15) is 17.0 Å². The third-order valence-corrected chi connectivity index (χ3v) is 3.65. The normalized spacial score (nSPS) is 10.8. The molecule has 0 aromatic carbocycles. The topological polar surface area (TPSA) is 17.0 Å². The molecule has 2 heterocycles. The Hall–Kier alpha value is -1.06. The highest BCUT2D eigenvalue weighted by Gasteiger charge is 1.96. The number of nitrogens with one attached hydrogen (secondary N) is 1. The van der Waals surface area contributed by atoms with Gasteiger partial charge in [-0.05, 0) is 43.0 Å². The summed E-state index contributed by atoms with van der Waals surface area (Å²) in [6, 6.07) is 8.58. The van der Waals surface area contributed by atoms with Crippen molar-refractivity contribution in [1.82, 2.24) is 9.88 Å². The van der Waals surface area contributed by atoms with Gasteiger partial charge in [-0.25, -0.2) is 0 Å². The highest BCUT2D eigenvalue weighted by atomic mass is 32.1. The molecule has 0 unspecified atom stereocenters.